The van der Waals surface area contributed by atoms with Gasteiger partial charge in [0.15, 0.2) is 0 Å². The van der Waals surface area contributed by atoms with E-state index in [0.29, 0.717) is 25.9 Å². The molecule has 7 nitrogen and oxygen atoms in total. The summed E-state index contributed by atoms with van der Waals surface area (Å²) in [6, 6.07) is -0.610. The largest absolute Gasteiger partial charge is 0.351 e. The van der Waals surface area contributed by atoms with Crippen LogP contribution >= 0.6 is 0 Å². The molecule has 1 fully saturated rings. The maximum absolute atomic E-state index is 12.2. The Morgan fingerprint density at radius 2 is 1.71 bits per heavy atom. The molecule has 0 aliphatic carbocycles. The lowest BCUT2D eigenvalue weighted by atomic mass is 10.0. The predicted octanol–water partition coefficient (Wildman–Crippen LogP) is -0.313. The van der Waals surface area contributed by atoms with Gasteiger partial charge in [0.25, 0.3) is 0 Å². The van der Waals surface area contributed by atoms with Gasteiger partial charge in [-0.05, 0) is 18.8 Å². The van der Waals surface area contributed by atoms with Crippen LogP contribution in [-0.2, 0) is 19.6 Å². The molecule has 0 spiro atoms. The van der Waals surface area contributed by atoms with Crippen molar-refractivity contribution in [1.29, 1.82) is 0 Å². The van der Waals surface area contributed by atoms with Crippen LogP contribution in [0, 0.1) is 5.92 Å². The molecule has 2 amide bonds. The second kappa shape index (κ2) is 7.22. The molecule has 21 heavy (non-hydrogen) atoms. The molecule has 1 aliphatic rings. The van der Waals surface area contributed by atoms with Gasteiger partial charge in [0, 0.05) is 26.1 Å². The Kier molecular flexibility index (Phi) is 6.15. The lowest BCUT2D eigenvalue weighted by Crippen LogP contribution is -2.54. The van der Waals surface area contributed by atoms with E-state index in [0.717, 1.165) is 0 Å². The molecule has 1 saturated heterocycles. The van der Waals surface area contributed by atoms with Crippen molar-refractivity contribution in [3.05, 3.63) is 0 Å². The number of hydrogen-bond acceptors (Lipinski definition) is 4. The second-order valence-electron chi connectivity index (χ2n) is 5.87. The molecule has 2 N–H and O–H groups in total. The Morgan fingerprint density at radius 3 is 2.10 bits per heavy atom. The predicted molar refractivity (Wildman–Crippen MR) is 80.0 cm³/mol. The third-order valence-corrected chi connectivity index (χ3v) is 4.88. The number of hydrogen-bond donors (Lipinski definition) is 2. The van der Waals surface area contributed by atoms with Crippen molar-refractivity contribution in [3.8, 4) is 0 Å². The van der Waals surface area contributed by atoms with Gasteiger partial charge in [-0.1, -0.05) is 13.8 Å². The number of nitrogens with zero attached hydrogens (tertiary/aromatic N) is 1. The van der Waals surface area contributed by atoms with Crippen LogP contribution in [0.5, 0.6) is 0 Å². The molecular formula is C13H25N3O4S. The second-order valence-corrected chi connectivity index (χ2v) is 7.85. The van der Waals surface area contributed by atoms with E-state index in [1.165, 1.54) is 17.5 Å². The van der Waals surface area contributed by atoms with E-state index in [-0.39, 0.29) is 23.8 Å². The van der Waals surface area contributed by atoms with Crippen molar-refractivity contribution in [1.82, 2.24) is 14.9 Å². The van der Waals surface area contributed by atoms with Crippen LogP contribution in [0.15, 0.2) is 0 Å². The summed E-state index contributed by atoms with van der Waals surface area (Å²) in [6.45, 7) is 5.94. The third-order valence-electron chi connectivity index (χ3n) is 3.58. The van der Waals surface area contributed by atoms with Crippen LogP contribution in [0.25, 0.3) is 0 Å². The average molecular weight is 319 g/mol. The molecule has 0 unspecified atom stereocenters. The van der Waals surface area contributed by atoms with E-state index >= 15 is 0 Å². The van der Waals surface area contributed by atoms with Gasteiger partial charge in [0.05, 0.1) is 6.26 Å². The van der Waals surface area contributed by atoms with Gasteiger partial charge in [0.2, 0.25) is 21.8 Å². The van der Waals surface area contributed by atoms with Crippen molar-refractivity contribution in [3.63, 3.8) is 0 Å². The zero-order valence-corrected chi connectivity index (χ0v) is 13.9. The number of rotatable bonds is 5. The Bertz CT molecular complexity index is 482. The average Bonchev–Trinajstić information content (AvgIpc) is 2.34. The minimum atomic E-state index is -3.16. The summed E-state index contributed by atoms with van der Waals surface area (Å²) in [7, 11) is -3.16. The minimum Gasteiger partial charge on any atom is -0.351 e. The summed E-state index contributed by atoms with van der Waals surface area (Å²) in [6.07, 6.45) is 2.37. The first-order chi connectivity index (χ1) is 9.61. The quantitative estimate of drug-likeness (QED) is 0.726. The highest BCUT2D eigenvalue weighted by molar-refractivity contribution is 7.88. The molecule has 8 heteroatoms. The van der Waals surface area contributed by atoms with Crippen molar-refractivity contribution in [2.24, 2.45) is 5.92 Å². The van der Waals surface area contributed by atoms with E-state index in [1.54, 1.807) is 0 Å². The summed E-state index contributed by atoms with van der Waals surface area (Å²) in [5, 5.41) is 5.55. The van der Waals surface area contributed by atoms with Crippen molar-refractivity contribution < 1.29 is 18.0 Å². The van der Waals surface area contributed by atoms with Crippen LogP contribution < -0.4 is 10.6 Å². The van der Waals surface area contributed by atoms with Crippen LogP contribution in [0.1, 0.15) is 33.6 Å². The minimum absolute atomic E-state index is 0.00925. The fourth-order valence-electron chi connectivity index (χ4n) is 2.38. The van der Waals surface area contributed by atoms with Gasteiger partial charge in [0.1, 0.15) is 6.04 Å². The van der Waals surface area contributed by atoms with Gasteiger partial charge in [-0.3, -0.25) is 9.59 Å². The topological polar surface area (TPSA) is 95.6 Å². The number of carbonyl (C=O) groups excluding carboxylic acids is 2. The fourth-order valence-corrected chi connectivity index (χ4v) is 3.25. The first kappa shape index (κ1) is 17.9. The molecule has 0 radical (unpaired) electrons. The summed E-state index contributed by atoms with van der Waals surface area (Å²) in [4.78, 5) is 23.4. The SMILES string of the molecule is CC(=O)N[C@H](C(=O)NC1CCN(S(C)(=O)=O)CC1)C(C)C. The standard InChI is InChI=1S/C13H25N3O4S/c1-9(2)12(14-10(3)17)13(18)15-11-5-7-16(8-6-11)21(4,19)20/h9,11-12H,5-8H2,1-4H3,(H,14,17)(H,15,18)/t12-/m0/s1. The molecule has 0 aromatic heterocycles. The molecule has 1 atom stereocenters. The number of piperidine rings is 1. The number of carbonyl (C=O) groups is 2. The van der Waals surface area contributed by atoms with E-state index in [4.69, 9.17) is 0 Å². The Morgan fingerprint density at radius 1 is 1.19 bits per heavy atom. The lowest BCUT2D eigenvalue weighted by Gasteiger charge is -2.32. The van der Waals surface area contributed by atoms with Crippen LogP contribution in [0.4, 0.5) is 0 Å². The van der Waals surface area contributed by atoms with Crippen LogP contribution in [0.3, 0.4) is 0 Å². The smallest absolute Gasteiger partial charge is 0.243 e. The first-order valence-corrected chi connectivity index (χ1v) is 8.98. The van der Waals surface area contributed by atoms with Gasteiger partial charge in [-0.15, -0.1) is 0 Å². The Balaban J connectivity index is 2.54. The summed E-state index contributed by atoms with van der Waals surface area (Å²) >= 11 is 0. The van der Waals surface area contributed by atoms with Crippen molar-refractivity contribution in [2.75, 3.05) is 19.3 Å². The fraction of sp³-hybridized carbons (Fsp3) is 0.846. The highest BCUT2D eigenvalue weighted by Crippen LogP contribution is 2.14. The number of nitrogens with one attached hydrogen (secondary N) is 2. The normalized spacial score (nSPS) is 19.3. The zero-order valence-electron chi connectivity index (χ0n) is 13.0. The van der Waals surface area contributed by atoms with Gasteiger partial charge >= 0.3 is 0 Å². The molecule has 0 saturated carbocycles. The highest BCUT2D eigenvalue weighted by Gasteiger charge is 2.29. The highest BCUT2D eigenvalue weighted by atomic mass is 32.2. The summed E-state index contributed by atoms with van der Waals surface area (Å²) in [5.74, 6) is -0.459. The maximum atomic E-state index is 12.2. The summed E-state index contributed by atoms with van der Waals surface area (Å²) in [5.41, 5.74) is 0. The first-order valence-electron chi connectivity index (χ1n) is 7.14. The summed E-state index contributed by atoms with van der Waals surface area (Å²) < 4.78 is 24.3. The van der Waals surface area contributed by atoms with E-state index in [9.17, 15) is 18.0 Å². The number of amides is 2. The molecule has 0 bridgehead atoms. The van der Waals surface area contributed by atoms with Gasteiger partial charge in [-0.2, -0.15) is 0 Å². The molecule has 0 aromatic rings. The Hall–Kier alpha value is -1.15. The third kappa shape index (κ3) is 5.62. The zero-order chi connectivity index (χ0) is 16.2. The molecule has 1 heterocycles. The monoisotopic (exact) mass is 319 g/mol. The maximum Gasteiger partial charge on any atom is 0.243 e. The van der Waals surface area contributed by atoms with E-state index in [1.807, 2.05) is 13.8 Å². The number of sulfonamides is 1. The van der Waals surface area contributed by atoms with Crippen molar-refractivity contribution in [2.45, 2.75) is 45.7 Å². The molecule has 1 aliphatic heterocycles. The van der Waals surface area contributed by atoms with E-state index in [2.05, 4.69) is 10.6 Å². The molecular weight excluding hydrogens is 294 g/mol. The van der Waals surface area contributed by atoms with E-state index < -0.39 is 16.1 Å². The molecule has 0 aromatic carbocycles. The Labute approximate surface area is 126 Å². The van der Waals surface area contributed by atoms with Crippen LogP contribution in [-0.4, -0.2) is 56.0 Å². The lowest BCUT2D eigenvalue weighted by molar-refractivity contribution is -0.129. The van der Waals surface area contributed by atoms with Crippen molar-refractivity contribution >= 4 is 21.8 Å². The van der Waals surface area contributed by atoms with Gasteiger partial charge < -0.3 is 10.6 Å². The van der Waals surface area contributed by atoms with Crippen LogP contribution in [0.2, 0.25) is 0 Å². The molecule has 1 rings (SSSR count). The van der Waals surface area contributed by atoms with Gasteiger partial charge in [-0.25, -0.2) is 12.7 Å². The molecule has 122 valence electrons.